The summed E-state index contributed by atoms with van der Waals surface area (Å²) in [6, 6.07) is 15.1. The van der Waals surface area contributed by atoms with Crippen molar-refractivity contribution in [3.8, 4) is 23.3 Å². The number of carbonyl (C=O) groups excluding carboxylic acids is 1. The van der Waals surface area contributed by atoms with Crippen molar-refractivity contribution >= 4 is 5.91 Å². The maximum Gasteiger partial charge on any atom is 0.263 e. The fourth-order valence-corrected chi connectivity index (χ4v) is 2.65. The van der Waals surface area contributed by atoms with Crippen LogP contribution in [0, 0.1) is 11.3 Å². The summed E-state index contributed by atoms with van der Waals surface area (Å²) < 4.78 is 15.7. The Hall–Kier alpha value is -3.66. The van der Waals surface area contributed by atoms with Crippen LogP contribution in [0.1, 0.15) is 11.1 Å². The predicted molar refractivity (Wildman–Crippen MR) is 110 cm³/mol. The van der Waals surface area contributed by atoms with Crippen molar-refractivity contribution in [2.24, 2.45) is 0 Å². The monoisotopic (exact) mass is 395 g/mol. The van der Waals surface area contributed by atoms with E-state index in [1.54, 1.807) is 21.3 Å². The van der Waals surface area contributed by atoms with E-state index < -0.39 is 5.91 Å². The summed E-state index contributed by atoms with van der Waals surface area (Å²) in [5.74, 6) is 1.61. The van der Waals surface area contributed by atoms with Gasteiger partial charge in [-0.05, 0) is 41.8 Å². The first-order chi connectivity index (χ1) is 14.1. The zero-order valence-corrected chi connectivity index (χ0v) is 16.8. The number of benzene rings is 2. The Kier molecular flexibility index (Phi) is 8.39. The standard InChI is InChI=1S/C22H25N3O4/c1-27-19-6-4-5-17(11-19)14-24-15-18(13-23)22(26)25-10-9-16-7-8-20(28-2)21(12-16)29-3/h4-8,11-12,15,24H,9-10,14H2,1-3H3,(H,25,26)/b18-15-. The number of rotatable bonds is 10. The summed E-state index contributed by atoms with van der Waals surface area (Å²) >= 11 is 0. The van der Waals surface area contributed by atoms with Crippen LogP contribution in [0.3, 0.4) is 0 Å². The lowest BCUT2D eigenvalue weighted by Crippen LogP contribution is -2.27. The van der Waals surface area contributed by atoms with Crippen molar-refractivity contribution in [2.45, 2.75) is 13.0 Å². The highest BCUT2D eigenvalue weighted by Gasteiger charge is 2.09. The van der Waals surface area contributed by atoms with E-state index >= 15 is 0 Å². The van der Waals surface area contributed by atoms with Gasteiger partial charge in [0.15, 0.2) is 11.5 Å². The second-order valence-corrected chi connectivity index (χ2v) is 6.10. The molecule has 0 atom stereocenters. The van der Waals surface area contributed by atoms with Crippen molar-refractivity contribution in [1.29, 1.82) is 5.26 Å². The second kappa shape index (κ2) is 11.2. The van der Waals surface area contributed by atoms with E-state index in [1.165, 1.54) is 6.20 Å². The number of nitriles is 1. The lowest BCUT2D eigenvalue weighted by atomic mass is 10.1. The molecule has 0 bridgehead atoms. The van der Waals surface area contributed by atoms with E-state index in [0.717, 1.165) is 16.9 Å². The van der Waals surface area contributed by atoms with E-state index in [4.69, 9.17) is 14.2 Å². The number of hydrogen-bond donors (Lipinski definition) is 2. The third-order valence-corrected chi connectivity index (χ3v) is 4.20. The molecule has 7 nitrogen and oxygen atoms in total. The molecule has 152 valence electrons. The lowest BCUT2D eigenvalue weighted by Gasteiger charge is -2.10. The Bertz CT molecular complexity index is 903. The molecule has 0 aliphatic carbocycles. The fourth-order valence-electron chi connectivity index (χ4n) is 2.65. The maximum atomic E-state index is 12.2. The summed E-state index contributed by atoms with van der Waals surface area (Å²) in [6.07, 6.45) is 2.02. The highest BCUT2D eigenvalue weighted by molar-refractivity contribution is 5.97. The average Bonchev–Trinajstić information content (AvgIpc) is 2.76. The van der Waals surface area contributed by atoms with Gasteiger partial charge in [-0.25, -0.2) is 0 Å². The summed E-state index contributed by atoms with van der Waals surface area (Å²) in [5.41, 5.74) is 1.98. The third-order valence-electron chi connectivity index (χ3n) is 4.20. The molecular weight excluding hydrogens is 370 g/mol. The van der Waals surface area contributed by atoms with Crippen molar-refractivity contribution in [3.63, 3.8) is 0 Å². The molecule has 0 aromatic heterocycles. The zero-order chi connectivity index (χ0) is 21.1. The van der Waals surface area contributed by atoms with Crippen LogP contribution >= 0.6 is 0 Å². The Morgan fingerprint density at radius 2 is 1.83 bits per heavy atom. The molecule has 1 amide bonds. The van der Waals surface area contributed by atoms with Crippen LogP contribution < -0.4 is 24.8 Å². The van der Waals surface area contributed by atoms with Gasteiger partial charge in [0, 0.05) is 19.3 Å². The first-order valence-electron chi connectivity index (χ1n) is 9.07. The first-order valence-corrected chi connectivity index (χ1v) is 9.07. The molecule has 0 radical (unpaired) electrons. The first kappa shape index (κ1) is 21.6. The summed E-state index contributed by atoms with van der Waals surface area (Å²) in [5, 5.41) is 15.0. The minimum atomic E-state index is -0.425. The Morgan fingerprint density at radius 3 is 2.52 bits per heavy atom. The highest BCUT2D eigenvalue weighted by Crippen LogP contribution is 2.27. The topological polar surface area (TPSA) is 92.6 Å². The average molecular weight is 395 g/mol. The van der Waals surface area contributed by atoms with Gasteiger partial charge in [0.2, 0.25) is 0 Å². The largest absolute Gasteiger partial charge is 0.497 e. The van der Waals surface area contributed by atoms with E-state index in [1.807, 2.05) is 48.5 Å². The summed E-state index contributed by atoms with van der Waals surface area (Å²) in [4.78, 5) is 12.2. The van der Waals surface area contributed by atoms with E-state index in [9.17, 15) is 10.1 Å². The third kappa shape index (κ3) is 6.47. The smallest absolute Gasteiger partial charge is 0.263 e. The van der Waals surface area contributed by atoms with Gasteiger partial charge in [-0.15, -0.1) is 0 Å². The van der Waals surface area contributed by atoms with Crippen molar-refractivity contribution in [1.82, 2.24) is 10.6 Å². The molecular formula is C22H25N3O4. The Labute approximate surface area is 170 Å². The number of nitrogens with one attached hydrogen (secondary N) is 2. The molecule has 2 aromatic rings. The van der Waals surface area contributed by atoms with Crippen LogP contribution in [0.25, 0.3) is 0 Å². The molecule has 2 N–H and O–H groups in total. The molecule has 0 aliphatic heterocycles. The van der Waals surface area contributed by atoms with Crippen LogP contribution in [0.15, 0.2) is 54.2 Å². The number of hydrogen-bond acceptors (Lipinski definition) is 6. The molecule has 0 aliphatic rings. The molecule has 0 saturated heterocycles. The highest BCUT2D eigenvalue weighted by atomic mass is 16.5. The minimum Gasteiger partial charge on any atom is -0.497 e. The Balaban J connectivity index is 1.86. The molecule has 2 aromatic carbocycles. The quantitative estimate of drug-likeness (QED) is 0.474. The molecule has 0 spiro atoms. The normalized spacial score (nSPS) is 10.6. The van der Waals surface area contributed by atoms with Crippen LogP contribution in [0.2, 0.25) is 0 Å². The van der Waals surface area contributed by atoms with E-state index in [-0.39, 0.29) is 5.57 Å². The number of ether oxygens (including phenoxy) is 3. The van der Waals surface area contributed by atoms with E-state index in [2.05, 4.69) is 10.6 Å². The minimum absolute atomic E-state index is 0.0141. The zero-order valence-electron chi connectivity index (χ0n) is 16.8. The van der Waals surface area contributed by atoms with Crippen LogP contribution in [-0.4, -0.2) is 33.8 Å². The maximum absolute atomic E-state index is 12.2. The molecule has 0 saturated carbocycles. The second-order valence-electron chi connectivity index (χ2n) is 6.10. The van der Waals surface area contributed by atoms with Crippen LogP contribution in [0.4, 0.5) is 0 Å². The molecule has 7 heteroatoms. The lowest BCUT2D eigenvalue weighted by molar-refractivity contribution is -0.117. The number of carbonyl (C=O) groups is 1. The number of amides is 1. The fraction of sp³-hybridized carbons (Fsp3) is 0.273. The number of nitrogens with zero attached hydrogens (tertiary/aromatic N) is 1. The van der Waals surface area contributed by atoms with Crippen molar-refractivity contribution in [2.75, 3.05) is 27.9 Å². The van der Waals surface area contributed by atoms with Crippen LogP contribution in [0.5, 0.6) is 17.2 Å². The van der Waals surface area contributed by atoms with E-state index in [0.29, 0.717) is 31.0 Å². The van der Waals surface area contributed by atoms with Gasteiger partial charge in [0.1, 0.15) is 17.4 Å². The summed E-state index contributed by atoms with van der Waals surface area (Å²) in [7, 11) is 4.76. The van der Waals surface area contributed by atoms with Gasteiger partial charge >= 0.3 is 0 Å². The van der Waals surface area contributed by atoms with Gasteiger partial charge in [-0.1, -0.05) is 18.2 Å². The Morgan fingerprint density at radius 1 is 1.03 bits per heavy atom. The van der Waals surface area contributed by atoms with Crippen molar-refractivity contribution < 1.29 is 19.0 Å². The van der Waals surface area contributed by atoms with Gasteiger partial charge in [0.25, 0.3) is 5.91 Å². The van der Waals surface area contributed by atoms with Crippen molar-refractivity contribution in [3.05, 3.63) is 65.4 Å². The molecule has 0 unspecified atom stereocenters. The SMILES string of the molecule is COc1cccc(CN/C=C(/C#N)C(=O)NCCc2ccc(OC)c(OC)c2)c1. The molecule has 2 rings (SSSR count). The van der Waals surface area contributed by atoms with Gasteiger partial charge in [-0.2, -0.15) is 5.26 Å². The van der Waals surface area contributed by atoms with Crippen LogP contribution in [-0.2, 0) is 17.8 Å². The molecule has 0 fully saturated rings. The van der Waals surface area contributed by atoms with Gasteiger partial charge in [-0.3, -0.25) is 4.79 Å². The van der Waals surface area contributed by atoms with Gasteiger partial charge in [0.05, 0.1) is 21.3 Å². The summed E-state index contributed by atoms with van der Waals surface area (Å²) in [6.45, 7) is 0.866. The molecule has 0 heterocycles. The van der Waals surface area contributed by atoms with Gasteiger partial charge < -0.3 is 24.8 Å². The number of methoxy groups -OCH3 is 3. The molecule has 29 heavy (non-hydrogen) atoms. The predicted octanol–water partition coefficient (Wildman–Crippen LogP) is 2.57.